The molecular weight excluding hydrogens is 592 g/mol. The van der Waals surface area contributed by atoms with Gasteiger partial charge in [0.25, 0.3) is 0 Å². The molecule has 1 amide bonds. The Bertz CT molecular complexity index is 856. The maximum Gasteiger partial charge on any atom is 0.320 e. The van der Waals surface area contributed by atoms with E-state index in [9.17, 15) is 44.4 Å². The number of amides is 1. The molecule has 0 aromatic carbocycles. The number of hydrogen-bond acceptors (Lipinski definition) is 11. The van der Waals surface area contributed by atoms with Gasteiger partial charge in [0.05, 0.1) is 19.6 Å². The molecule has 1 atom stereocenters. The molecule has 1 aliphatic carbocycles. The Labute approximate surface area is 266 Å². The van der Waals surface area contributed by atoms with E-state index in [0.717, 1.165) is 25.7 Å². The lowest BCUT2D eigenvalue weighted by atomic mass is 9.91. The molecule has 1 heterocycles. The van der Waals surface area contributed by atoms with E-state index in [4.69, 9.17) is 5.73 Å². The smallest absolute Gasteiger partial charge is 0.320 e. The number of carbonyl (C=O) groups excluding carboxylic acids is 1. The highest BCUT2D eigenvalue weighted by molar-refractivity contribution is 5.78. The highest BCUT2D eigenvalue weighted by atomic mass is 16.5. The second-order valence-electron chi connectivity index (χ2n) is 11.0. The first-order valence-electron chi connectivity index (χ1n) is 15.6. The van der Waals surface area contributed by atoms with Gasteiger partial charge in [-0.1, -0.05) is 13.8 Å². The zero-order chi connectivity index (χ0) is 34.4. The summed E-state index contributed by atoms with van der Waals surface area (Å²) in [6.07, 6.45) is 3.25. The van der Waals surface area contributed by atoms with Crippen molar-refractivity contribution in [1.82, 2.24) is 24.9 Å². The number of carbonyl (C=O) groups is 5. The van der Waals surface area contributed by atoms with Crippen LogP contribution >= 0.6 is 0 Å². The van der Waals surface area contributed by atoms with Crippen molar-refractivity contribution in [2.45, 2.75) is 70.5 Å². The SMILES string of the molecule is CC.COC.NC1CCC(NC(=O)CCC(C(=O)O)N2CCN(CC(=O)O)CCN(CC(=O)O)CCN(CC(=O)O)CC2)CC1. The number of nitrogens with two attached hydrogens (primary N) is 1. The topological polar surface area (TPSA) is 227 Å². The third-order valence-corrected chi connectivity index (χ3v) is 7.46. The highest BCUT2D eigenvalue weighted by Gasteiger charge is 2.29. The number of carboxylic acid groups (broad SMARTS) is 4. The molecule has 2 fully saturated rings. The second-order valence-corrected chi connectivity index (χ2v) is 11.0. The fraction of sp³-hybridized carbons (Fsp3) is 0.828. The van der Waals surface area contributed by atoms with Gasteiger partial charge in [-0.3, -0.25) is 43.6 Å². The van der Waals surface area contributed by atoms with Crippen LogP contribution in [0.4, 0.5) is 0 Å². The molecule has 0 radical (unpaired) electrons. The van der Waals surface area contributed by atoms with Crippen LogP contribution in [0.1, 0.15) is 52.4 Å². The number of aliphatic carboxylic acids is 4. The Hall–Kier alpha value is -2.89. The molecule has 0 bridgehead atoms. The van der Waals surface area contributed by atoms with Gasteiger partial charge in [-0.05, 0) is 32.1 Å². The number of rotatable bonds is 12. The molecule has 45 heavy (non-hydrogen) atoms. The van der Waals surface area contributed by atoms with E-state index in [-0.39, 0.29) is 103 Å². The summed E-state index contributed by atoms with van der Waals surface area (Å²) in [6, 6.07) is -0.873. The first-order chi connectivity index (χ1) is 21.3. The molecule has 7 N–H and O–H groups in total. The maximum atomic E-state index is 12.6. The third kappa shape index (κ3) is 20.0. The first kappa shape index (κ1) is 42.1. The summed E-state index contributed by atoms with van der Waals surface area (Å²) in [6.45, 7) is 4.83. The van der Waals surface area contributed by atoms with Crippen molar-refractivity contribution in [1.29, 1.82) is 0 Å². The number of methoxy groups -OCH3 is 1. The molecule has 1 saturated heterocycles. The van der Waals surface area contributed by atoms with E-state index in [1.807, 2.05) is 13.8 Å². The minimum Gasteiger partial charge on any atom is -0.480 e. The quantitative estimate of drug-likeness (QED) is 0.155. The molecule has 2 rings (SSSR count). The molecular formula is C29H56N6O10. The molecule has 262 valence electrons. The normalized spacial score (nSPS) is 21.7. The maximum absolute atomic E-state index is 12.6. The lowest BCUT2D eigenvalue weighted by Gasteiger charge is -2.35. The van der Waals surface area contributed by atoms with Crippen LogP contribution in [0, 0.1) is 0 Å². The Morgan fingerprint density at radius 3 is 1.40 bits per heavy atom. The molecule has 1 saturated carbocycles. The molecule has 0 aromatic heterocycles. The number of carboxylic acids is 4. The minimum absolute atomic E-state index is 0.00213. The standard InChI is InChI=1S/C25H44N6O9.C2H6O.C2H6/c26-18-1-3-19(4-2-18)27-21(32)6-5-20(25(39)40)31-13-11-29(16-23(35)36)9-7-28(15-22(33)34)8-10-30(12-14-31)17-24(37)38;1-3-2;1-2/h18-20H,1-17,26H2,(H,27,32)(H,33,34)(H,35,36)(H,37,38)(H,39,40);1-2H3;1-2H3. The van der Waals surface area contributed by atoms with E-state index in [1.54, 1.807) is 33.8 Å². The van der Waals surface area contributed by atoms with Crippen molar-refractivity contribution < 1.29 is 49.1 Å². The first-order valence-corrected chi connectivity index (χ1v) is 15.6. The van der Waals surface area contributed by atoms with E-state index in [1.165, 1.54) is 0 Å². The zero-order valence-corrected chi connectivity index (χ0v) is 27.4. The van der Waals surface area contributed by atoms with Crippen molar-refractivity contribution in [2.75, 3.05) is 86.2 Å². The lowest BCUT2D eigenvalue weighted by molar-refractivity contribution is -0.145. The van der Waals surface area contributed by atoms with E-state index in [0.29, 0.717) is 0 Å². The summed E-state index contributed by atoms with van der Waals surface area (Å²) >= 11 is 0. The number of nitrogens with zero attached hydrogens (tertiary/aromatic N) is 4. The van der Waals surface area contributed by atoms with Crippen molar-refractivity contribution in [3.05, 3.63) is 0 Å². The molecule has 1 aliphatic heterocycles. The van der Waals surface area contributed by atoms with Gasteiger partial charge in [0.15, 0.2) is 0 Å². The minimum atomic E-state index is -1.12. The van der Waals surface area contributed by atoms with Gasteiger partial charge in [0, 0.05) is 85.1 Å². The number of nitrogens with one attached hydrogen (secondary N) is 1. The van der Waals surface area contributed by atoms with Gasteiger partial charge < -0.3 is 36.2 Å². The lowest BCUT2D eigenvalue weighted by Crippen LogP contribution is -2.52. The van der Waals surface area contributed by atoms with E-state index in [2.05, 4.69) is 10.1 Å². The van der Waals surface area contributed by atoms with E-state index >= 15 is 0 Å². The van der Waals surface area contributed by atoms with Crippen LogP contribution in [0.5, 0.6) is 0 Å². The van der Waals surface area contributed by atoms with Crippen molar-refractivity contribution in [3.8, 4) is 0 Å². The molecule has 2 aliphatic rings. The molecule has 0 aromatic rings. The number of ether oxygens (including phenoxy) is 1. The molecule has 16 heteroatoms. The van der Waals surface area contributed by atoms with Crippen LogP contribution < -0.4 is 11.1 Å². The van der Waals surface area contributed by atoms with Gasteiger partial charge >= 0.3 is 23.9 Å². The fourth-order valence-electron chi connectivity index (χ4n) is 5.21. The van der Waals surface area contributed by atoms with Crippen LogP contribution in [-0.4, -0.2) is 174 Å². The van der Waals surface area contributed by atoms with Crippen molar-refractivity contribution >= 4 is 29.8 Å². The van der Waals surface area contributed by atoms with Crippen LogP contribution in [0.3, 0.4) is 0 Å². The average Bonchev–Trinajstić information content (AvgIpc) is 2.96. The van der Waals surface area contributed by atoms with E-state index < -0.39 is 29.9 Å². The summed E-state index contributed by atoms with van der Waals surface area (Å²) in [5.41, 5.74) is 5.92. The summed E-state index contributed by atoms with van der Waals surface area (Å²) in [5, 5.41) is 41.0. The fourth-order valence-corrected chi connectivity index (χ4v) is 5.21. The summed E-state index contributed by atoms with van der Waals surface area (Å²) < 4.78 is 4.25. The van der Waals surface area contributed by atoms with Crippen molar-refractivity contribution in [2.24, 2.45) is 5.73 Å². The summed E-state index contributed by atoms with van der Waals surface area (Å²) in [7, 11) is 3.25. The Balaban J connectivity index is 0.00000364. The Kier molecular flexibility index (Phi) is 22.8. The summed E-state index contributed by atoms with van der Waals surface area (Å²) in [4.78, 5) is 65.7. The van der Waals surface area contributed by atoms with Crippen LogP contribution in [0.15, 0.2) is 0 Å². The van der Waals surface area contributed by atoms with Crippen LogP contribution in [0.25, 0.3) is 0 Å². The summed E-state index contributed by atoms with van der Waals surface area (Å²) in [5.74, 6) is -4.53. The average molecular weight is 649 g/mol. The van der Waals surface area contributed by atoms with Crippen molar-refractivity contribution in [3.63, 3.8) is 0 Å². The van der Waals surface area contributed by atoms with Gasteiger partial charge in [0.2, 0.25) is 5.91 Å². The van der Waals surface area contributed by atoms with Gasteiger partial charge in [0.1, 0.15) is 6.04 Å². The monoisotopic (exact) mass is 648 g/mol. The molecule has 1 unspecified atom stereocenters. The van der Waals surface area contributed by atoms with Crippen LogP contribution in [0.2, 0.25) is 0 Å². The molecule has 0 spiro atoms. The predicted molar refractivity (Wildman–Crippen MR) is 167 cm³/mol. The third-order valence-electron chi connectivity index (χ3n) is 7.46. The molecule has 16 nitrogen and oxygen atoms in total. The zero-order valence-electron chi connectivity index (χ0n) is 27.4. The number of hydrogen-bond donors (Lipinski definition) is 6. The second kappa shape index (κ2) is 24.4. The van der Waals surface area contributed by atoms with Gasteiger partial charge in [-0.25, -0.2) is 0 Å². The largest absolute Gasteiger partial charge is 0.480 e. The van der Waals surface area contributed by atoms with Crippen LogP contribution in [-0.2, 0) is 28.7 Å². The van der Waals surface area contributed by atoms with Gasteiger partial charge in [-0.2, -0.15) is 0 Å². The Morgan fingerprint density at radius 1 is 0.711 bits per heavy atom. The van der Waals surface area contributed by atoms with Gasteiger partial charge in [-0.15, -0.1) is 0 Å². The predicted octanol–water partition coefficient (Wildman–Crippen LogP) is -0.630. The highest BCUT2D eigenvalue weighted by Crippen LogP contribution is 2.17. The Morgan fingerprint density at radius 2 is 1.07 bits per heavy atom.